The van der Waals surface area contributed by atoms with Gasteiger partial charge in [-0.05, 0) is 6.92 Å². The summed E-state index contributed by atoms with van der Waals surface area (Å²) >= 11 is 0. The molecule has 1 aromatic rings. The molecule has 0 unspecified atom stereocenters. The second-order valence-electron chi connectivity index (χ2n) is 2.18. The van der Waals surface area contributed by atoms with E-state index >= 15 is 0 Å². The molecule has 0 spiro atoms. The van der Waals surface area contributed by atoms with Gasteiger partial charge in [0.15, 0.2) is 0 Å². The minimum atomic E-state index is -1.16. The van der Waals surface area contributed by atoms with Crippen LogP contribution in [0.1, 0.15) is 16.3 Å². The number of rotatable bonds is 2. The van der Waals surface area contributed by atoms with Crippen LogP contribution in [0.2, 0.25) is 0 Å². The van der Waals surface area contributed by atoms with Gasteiger partial charge in [0.05, 0.1) is 7.11 Å². The van der Waals surface area contributed by atoms with Crippen molar-refractivity contribution in [3.05, 3.63) is 17.6 Å². The Kier molecular flexibility index (Phi) is 2.23. The summed E-state index contributed by atoms with van der Waals surface area (Å²) in [5, 5.41) is 8.55. The molecular formula is C7H8N2O3. The van der Waals surface area contributed by atoms with Crippen molar-refractivity contribution < 1.29 is 14.6 Å². The van der Waals surface area contributed by atoms with Gasteiger partial charge in [-0.3, -0.25) is 0 Å². The Balaban J connectivity index is 3.15. The van der Waals surface area contributed by atoms with E-state index in [2.05, 4.69) is 9.97 Å². The molecule has 1 N–H and O–H groups in total. The molecule has 0 fully saturated rings. The number of hydrogen-bond donors (Lipinski definition) is 1. The number of aryl methyl sites for hydroxylation is 1. The van der Waals surface area contributed by atoms with Gasteiger partial charge in [-0.1, -0.05) is 0 Å². The van der Waals surface area contributed by atoms with Crippen molar-refractivity contribution in [2.24, 2.45) is 0 Å². The minimum Gasteiger partial charge on any atom is -0.481 e. The lowest BCUT2D eigenvalue weighted by Gasteiger charge is -2.00. The zero-order chi connectivity index (χ0) is 9.14. The van der Waals surface area contributed by atoms with Crippen molar-refractivity contribution in [2.45, 2.75) is 6.92 Å². The lowest BCUT2D eigenvalue weighted by Crippen LogP contribution is -2.06. The second-order valence-corrected chi connectivity index (χ2v) is 2.18. The number of aromatic nitrogens is 2. The molecule has 0 saturated heterocycles. The predicted octanol–water partition coefficient (Wildman–Crippen LogP) is 0.492. The first-order chi connectivity index (χ1) is 5.63. The largest absolute Gasteiger partial charge is 0.481 e. The summed E-state index contributed by atoms with van der Waals surface area (Å²) in [6, 6.07) is 1.56. The Bertz CT molecular complexity index is 312. The van der Waals surface area contributed by atoms with E-state index in [0.29, 0.717) is 5.69 Å². The molecule has 0 bridgehead atoms. The van der Waals surface area contributed by atoms with E-state index < -0.39 is 5.97 Å². The summed E-state index contributed by atoms with van der Waals surface area (Å²) < 4.78 is 4.77. The highest BCUT2D eigenvalue weighted by Gasteiger charge is 2.08. The third kappa shape index (κ3) is 1.69. The number of carboxylic acids is 1. The Morgan fingerprint density at radius 3 is 2.75 bits per heavy atom. The minimum absolute atomic E-state index is 0.244. The smallest absolute Gasteiger partial charge is 0.374 e. The molecular weight excluding hydrogens is 160 g/mol. The van der Waals surface area contributed by atoms with Crippen molar-refractivity contribution >= 4 is 5.97 Å². The third-order valence-corrected chi connectivity index (χ3v) is 1.23. The van der Waals surface area contributed by atoms with E-state index in [1.54, 1.807) is 13.0 Å². The van der Waals surface area contributed by atoms with Crippen LogP contribution in [0.15, 0.2) is 6.07 Å². The average Bonchev–Trinajstić information content (AvgIpc) is 2.03. The first-order valence-corrected chi connectivity index (χ1v) is 3.26. The fourth-order valence-electron chi connectivity index (χ4n) is 0.740. The van der Waals surface area contributed by atoms with Crippen molar-refractivity contribution in [3.63, 3.8) is 0 Å². The molecule has 5 heteroatoms. The highest BCUT2D eigenvalue weighted by molar-refractivity contribution is 5.83. The van der Waals surface area contributed by atoms with Crippen molar-refractivity contribution in [3.8, 4) is 5.88 Å². The molecule has 1 heterocycles. The number of nitrogens with zero attached hydrogens (tertiary/aromatic N) is 2. The Hall–Kier alpha value is -1.65. The molecule has 0 radical (unpaired) electrons. The van der Waals surface area contributed by atoms with Crippen LogP contribution in [-0.4, -0.2) is 28.2 Å². The van der Waals surface area contributed by atoms with E-state index in [0.717, 1.165) is 0 Å². The number of carbonyl (C=O) groups is 1. The van der Waals surface area contributed by atoms with Gasteiger partial charge in [-0.25, -0.2) is 9.78 Å². The van der Waals surface area contributed by atoms with E-state index in [4.69, 9.17) is 9.84 Å². The Labute approximate surface area is 69.0 Å². The second kappa shape index (κ2) is 3.17. The van der Waals surface area contributed by atoms with Gasteiger partial charge in [0.1, 0.15) is 0 Å². The Morgan fingerprint density at radius 2 is 2.25 bits per heavy atom. The van der Waals surface area contributed by atoms with Crippen LogP contribution < -0.4 is 4.74 Å². The zero-order valence-electron chi connectivity index (χ0n) is 6.74. The summed E-state index contributed by atoms with van der Waals surface area (Å²) in [7, 11) is 1.42. The van der Waals surface area contributed by atoms with Crippen LogP contribution in [0.5, 0.6) is 5.88 Å². The third-order valence-electron chi connectivity index (χ3n) is 1.23. The number of aromatic carboxylic acids is 1. The molecule has 1 rings (SSSR count). The van der Waals surface area contributed by atoms with Gasteiger partial charge in [-0.2, -0.15) is 4.98 Å². The van der Waals surface area contributed by atoms with Crippen molar-refractivity contribution in [1.29, 1.82) is 0 Å². The lowest BCUT2D eigenvalue weighted by molar-refractivity contribution is 0.0682. The van der Waals surface area contributed by atoms with Crippen LogP contribution in [0.4, 0.5) is 0 Å². The number of ether oxygens (including phenoxy) is 1. The quantitative estimate of drug-likeness (QED) is 0.695. The van der Waals surface area contributed by atoms with Gasteiger partial charge in [-0.15, -0.1) is 0 Å². The maximum absolute atomic E-state index is 10.4. The molecule has 1 aromatic heterocycles. The summed E-state index contributed by atoms with van der Waals surface area (Å²) in [6.07, 6.45) is 0. The van der Waals surface area contributed by atoms with Crippen molar-refractivity contribution in [2.75, 3.05) is 7.11 Å². The standard InChI is InChI=1S/C7H8N2O3/c1-4-3-5(12-2)9-6(8-4)7(10)11/h3H,1-2H3,(H,10,11). The van der Waals surface area contributed by atoms with Gasteiger partial charge in [0.25, 0.3) is 0 Å². The fraction of sp³-hybridized carbons (Fsp3) is 0.286. The summed E-state index contributed by atoms with van der Waals surface area (Å²) in [6.45, 7) is 1.68. The first-order valence-electron chi connectivity index (χ1n) is 3.26. The molecule has 64 valence electrons. The zero-order valence-corrected chi connectivity index (χ0v) is 6.74. The van der Waals surface area contributed by atoms with Crippen molar-refractivity contribution in [1.82, 2.24) is 9.97 Å². The Morgan fingerprint density at radius 1 is 1.58 bits per heavy atom. The molecule has 5 nitrogen and oxygen atoms in total. The van der Waals surface area contributed by atoms with E-state index in [1.807, 2.05) is 0 Å². The van der Waals surface area contributed by atoms with E-state index in [9.17, 15) is 4.79 Å². The van der Waals surface area contributed by atoms with E-state index in [1.165, 1.54) is 7.11 Å². The number of hydrogen-bond acceptors (Lipinski definition) is 4. The number of methoxy groups -OCH3 is 1. The molecule has 0 amide bonds. The first kappa shape index (κ1) is 8.45. The summed E-state index contributed by atoms with van der Waals surface area (Å²) in [4.78, 5) is 17.8. The molecule has 0 aliphatic carbocycles. The average molecular weight is 168 g/mol. The lowest BCUT2D eigenvalue weighted by atomic mass is 10.4. The molecule has 0 aromatic carbocycles. The topological polar surface area (TPSA) is 72.3 Å². The van der Waals surface area contributed by atoms with Gasteiger partial charge >= 0.3 is 5.97 Å². The predicted molar refractivity (Wildman–Crippen MR) is 40.3 cm³/mol. The summed E-state index contributed by atoms with van der Waals surface area (Å²) in [5.41, 5.74) is 0.569. The highest BCUT2D eigenvalue weighted by Crippen LogP contribution is 2.07. The van der Waals surface area contributed by atoms with Crippen LogP contribution in [0, 0.1) is 6.92 Å². The maximum atomic E-state index is 10.4. The normalized spacial score (nSPS) is 9.50. The SMILES string of the molecule is COc1cc(C)nc(C(=O)O)n1. The molecule has 0 aliphatic heterocycles. The molecule has 0 atom stereocenters. The van der Waals surface area contributed by atoms with Crippen LogP contribution in [0.3, 0.4) is 0 Å². The fourth-order valence-corrected chi connectivity index (χ4v) is 0.740. The summed E-state index contributed by atoms with van der Waals surface area (Å²) in [5.74, 6) is -1.14. The molecule has 0 saturated carbocycles. The van der Waals surface area contributed by atoms with Crippen LogP contribution in [0.25, 0.3) is 0 Å². The number of carboxylic acid groups (broad SMARTS) is 1. The van der Waals surface area contributed by atoms with Gasteiger partial charge in [0.2, 0.25) is 11.7 Å². The highest BCUT2D eigenvalue weighted by atomic mass is 16.5. The maximum Gasteiger partial charge on any atom is 0.374 e. The molecule has 12 heavy (non-hydrogen) atoms. The van der Waals surface area contributed by atoms with Crippen LogP contribution in [-0.2, 0) is 0 Å². The van der Waals surface area contributed by atoms with Gasteiger partial charge in [0, 0.05) is 11.8 Å². The van der Waals surface area contributed by atoms with E-state index in [-0.39, 0.29) is 11.7 Å². The molecule has 0 aliphatic rings. The van der Waals surface area contributed by atoms with Crippen LogP contribution >= 0.6 is 0 Å². The van der Waals surface area contributed by atoms with Gasteiger partial charge < -0.3 is 9.84 Å². The monoisotopic (exact) mass is 168 g/mol.